The highest BCUT2D eigenvalue weighted by atomic mass is 32.2. The normalized spacial score (nSPS) is 11.2. The van der Waals surface area contributed by atoms with Gasteiger partial charge in [0.05, 0.1) is 11.4 Å². The SMILES string of the molecule is CCNC(=O)CNC(=O)c1ccc(S(=O)(=O)C(F)F)cc1. The van der Waals surface area contributed by atoms with Crippen LogP contribution in [0, 0.1) is 0 Å². The number of carbonyl (C=O) groups excluding carboxylic acids is 2. The van der Waals surface area contributed by atoms with Crippen LogP contribution in [0.25, 0.3) is 0 Å². The molecule has 2 N–H and O–H groups in total. The van der Waals surface area contributed by atoms with Crippen LogP contribution in [-0.4, -0.2) is 39.1 Å². The molecular weight excluding hydrogens is 306 g/mol. The molecule has 0 fully saturated rings. The van der Waals surface area contributed by atoms with Crippen LogP contribution in [0.15, 0.2) is 29.2 Å². The monoisotopic (exact) mass is 320 g/mol. The molecule has 0 aromatic heterocycles. The maximum absolute atomic E-state index is 12.3. The lowest BCUT2D eigenvalue weighted by Crippen LogP contribution is -2.36. The van der Waals surface area contributed by atoms with Gasteiger partial charge in [0.2, 0.25) is 15.7 Å². The van der Waals surface area contributed by atoms with Crippen molar-refractivity contribution in [2.24, 2.45) is 0 Å². The summed E-state index contributed by atoms with van der Waals surface area (Å²) in [6.07, 6.45) is 0. The van der Waals surface area contributed by atoms with Gasteiger partial charge >= 0.3 is 5.76 Å². The summed E-state index contributed by atoms with van der Waals surface area (Å²) in [4.78, 5) is 22.2. The largest absolute Gasteiger partial charge is 0.355 e. The van der Waals surface area contributed by atoms with Crippen molar-refractivity contribution in [1.29, 1.82) is 0 Å². The third-order valence-corrected chi connectivity index (χ3v) is 3.86. The summed E-state index contributed by atoms with van der Waals surface area (Å²) >= 11 is 0. The Balaban J connectivity index is 2.75. The number of rotatable bonds is 6. The van der Waals surface area contributed by atoms with E-state index in [0.29, 0.717) is 6.54 Å². The van der Waals surface area contributed by atoms with Gasteiger partial charge in [0.1, 0.15) is 0 Å². The van der Waals surface area contributed by atoms with Gasteiger partial charge in [0.25, 0.3) is 5.91 Å². The fourth-order valence-corrected chi connectivity index (χ4v) is 2.14. The van der Waals surface area contributed by atoms with Crippen molar-refractivity contribution in [3.63, 3.8) is 0 Å². The molecule has 21 heavy (non-hydrogen) atoms. The average molecular weight is 320 g/mol. The summed E-state index contributed by atoms with van der Waals surface area (Å²) in [6.45, 7) is 1.92. The molecule has 0 heterocycles. The van der Waals surface area contributed by atoms with Crippen LogP contribution in [-0.2, 0) is 14.6 Å². The number of halogens is 2. The summed E-state index contributed by atoms with van der Waals surface area (Å²) in [6, 6.07) is 4.04. The van der Waals surface area contributed by atoms with E-state index in [9.17, 15) is 26.8 Å². The Morgan fingerprint density at radius 3 is 2.19 bits per heavy atom. The molecule has 0 aliphatic carbocycles. The van der Waals surface area contributed by atoms with Gasteiger partial charge in [-0.05, 0) is 31.2 Å². The Bertz CT molecular complexity index is 615. The quantitative estimate of drug-likeness (QED) is 0.800. The summed E-state index contributed by atoms with van der Waals surface area (Å²) in [5.41, 5.74) is 0.0625. The molecule has 1 aromatic carbocycles. The Hall–Kier alpha value is -2.03. The number of alkyl halides is 2. The first-order valence-corrected chi connectivity index (χ1v) is 7.50. The highest BCUT2D eigenvalue weighted by Gasteiger charge is 2.26. The molecule has 1 aromatic rings. The maximum atomic E-state index is 12.3. The topological polar surface area (TPSA) is 92.3 Å². The average Bonchev–Trinajstić information content (AvgIpc) is 2.45. The molecule has 116 valence electrons. The number of nitrogens with one attached hydrogen (secondary N) is 2. The first-order valence-electron chi connectivity index (χ1n) is 5.96. The molecule has 0 unspecified atom stereocenters. The number of hydrogen-bond donors (Lipinski definition) is 2. The van der Waals surface area contributed by atoms with E-state index in [0.717, 1.165) is 24.3 Å². The van der Waals surface area contributed by atoms with E-state index in [1.807, 2.05) is 0 Å². The van der Waals surface area contributed by atoms with Gasteiger partial charge in [-0.25, -0.2) is 8.42 Å². The molecule has 0 bridgehead atoms. The fourth-order valence-electron chi connectivity index (χ4n) is 1.42. The Labute approximate surface area is 120 Å². The van der Waals surface area contributed by atoms with E-state index in [1.54, 1.807) is 6.92 Å². The zero-order valence-electron chi connectivity index (χ0n) is 11.1. The molecule has 0 radical (unpaired) electrons. The van der Waals surface area contributed by atoms with Crippen molar-refractivity contribution in [2.75, 3.05) is 13.1 Å². The van der Waals surface area contributed by atoms with Crippen LogP contribution in [0.4, 0.5) is 8.78 Å². The maximum Gasteiger partial charge on any atom is 0.341 e. The molecular formula is C12H14F2N2O4S. The van der Waals surface area contributed by atoms with E-state index in [4.69, 9.17) is 0 Å². The second-order valence-electron chi connectivity index (χ2n) is 3.97. The van der Waals surface area contributed by atoms with Gasteiger partial charge in [-0.1, -0.05) is 0 Å². The molecule has 0 spiro atoms. The van der Waals surface area contributed by atoms with Gasteiger partial charge < -0.3 is 10.6 Å². The number of hydrogen-bond acceptors (Lipinski definition) is 4. The molecule has 0 saturated carbocycles. The van der Waals surface area contributed by atoms with Crippen LogP contribution in [0.5, 0.6) is 0 Å². The molecule has 0 saturated heterocycles. The van der Waals surface area contributed by atoms with Crippen LogP contribution < -0.4 is 10.6 Å². The van der Waals surface area contributed by atoms with Crippen LogP contribution in [0.3, 0.4) is 0 Å². The minimum atomic E-state index is -4.68. The minimum absolute atomic E-state index is 0.0625. The molecule has 1 rings (SSSR count). The summed E-state index contributed by atoms with van der Waals surface area (Å²) in [5.74, 6) is -4.50. The van der Waals surface area contributed by atoms with Crippen LogP contribution >= 0.6 is 0 Å². The van der Waals surface area contributed by atoms with Gasteiger partial charge in [0, 0.05) is 12.1 Å². The second-order valence-corrected chi connectivity index (χ2v) is 5.88. The van der Waals surface area contributed by atoms with Crippen molar-refractivity contribution >= 4 is 21.7 Å². The van der Waals surface area contributed by atoms with Crippen molar-refractivity contribution in [3.8, 4) is 0 Å². The highest BCUT2D eigenvalue weighted by Crippen LogP contribution is 2.18. The Morgan fingerprint density at radius 1 is 1.14 bits per heavy atom. The van der Waals surface area contributed by atoms with Gasteiger partial charge in [-0.3, -0.25) is 9.59 Å². The Morgan fingerprint density at radius 2 is 1.71 bits per heavy atom. The smallest absolute Gasteiger partial charge is 0.341 e. The standard InChI is InChI=1S/C12H14F2N2O4S/c1-2-15-10(17)7-16-11(18)8-3-5-9(6-4-8)21(19,20)12(13)14/h3-6,12H,2,7H2,1H3,(H,15,17)(H,16,18). The third-order valence-electron chi connectivity index (χ3n) is 2.46. The third kappa shape index (κ3) is 4.48. The van der Waals surface area contributed by atoms with Gasteiger partial charge in [-0.15, -0.1) is 0 Å². The predicted molar refractivity (Wildman–Crippen MR) is 70.6 cm³/mol. The number of amides is 2. The summed E-state index contributed by atoms with van der Waals surface area (Å²) < 4.78 is 47.0. The molecule has 0 aliphatic heterocycles. The van der Waals surface area contributed by atoms with Crippen molar-refractivity contribution in [2.45, 2.75) is 17.6 Å². The van der Waals surface area contributed by atoms with Crippen LogP contribution in [0.1, 0.15) is 17.3 Å². The van der Waals surface area contributed by atoms with E-state index < -0.39 is 26.4 Å². The first kappa shape index (κ1) is 17.0. The molecule has 0 atom stereocenters. The molecule has 0 aliphatic rings. The van der Waals surface area contributed by atoms with Gasteiger partial charge in [0.15, 0.2) is 0 Å². The van der Waals surface area contributed by atoms with Crippen molar-refractivity contribution < 1.29 is 26.8 Å². The summed E-state index contributed by atoms with van der Waals surface area (Å²) in [5, 5.41) is 4.79. The molecule has 9 heteroatoms. The van der Waals surface area contributed by atoms with E-state index in [1.165, 1.54) is 0 Å². The van der Waals surface area contributed by atoms with Crippen LogP contribution in [0.2, 0.25) is 0 Å². The fraction of sp³-hybridized carbons (Fsp3) is 0.333. The summed E-state index contributed by atoms with van der Waals surface area (Å²) in [7, 11) is -4.68. The van der Waals surface area contributed by atoms with Crippen molar-refractivity contribution in [3.05, 3.63) is 29.8 Å². The zero-order chi connectivity index (χ0) is 16.0. The highest BCUT2D eigenvalue weighted by molar-refractivity contribution is 7.91. The number of sulfone groups is 1. The van der Waals surface area contributed by atoms with Gasteiger partial charge in [-0.2, -0.15) is 8.78 Å². The predicted octanol–water partition coefficient (Wildman–Crippen LogP) is 0.549. The lowest BCUT2D eigenvalue weighted by molar-refractivity contribution is -0.120. The number of benzene rings is 1. The minimum Gasteiger partial charge on any atom is -0.355 e. The zero-order valence-corrected chi connectivity index (χ0v) is 11.9. The number of likely N-dealkylation sites (N-methyl/N-ethyl adjacent to an activating group) is 1. The Kier molecular flexibility index (Phi) is 5.77. The second kappa shape index (κ2) is 7.11. The first-order chi connectivity index (χ1) is 9.78. The van der Waals surface area contributed by atoms with E-state index in [-0.39, 0.29) is 18.0 Å². The van der Waals surface area contributed by atoms with E-state index in [2.05, 4.69) is 10.6 Å². The molecule has 6 nitrogen and oxygen atoms in total. The van der Waals surface area contributed by atoms with Crippen molar-refractivity contribution in [1.82, 2.24) is 10.6 Å². The lowest BCUT2D eigenvalue weighted by Gasteiger charge is -2.06. The van der Waals surface area contributed by atoms with E-state index >= 15 is 0 Å². The number of carbonyl (C=O) groups is 2. The molecule has 2 amide bonds. The lowest BCUT2D eigenvalue weighted by atomic mass is 10.2.